The molecule has 0 atom stereocenters. The summed E-state index contributed by atoms with van der Waals surface area (Å²) in [6.45, 7) is 10.7. The number of hydrogen-bond acceptors (Lipinski definition) is 5. The summed E-state index contributed by atoms with van der Waals surface area (Å²) >= 11 is 1.27. The Kier molecular flexibility index (Phi) is 4.47. The van der Waals surface area contributed by atoms with Gasteiger partial charge in [-0.25, -0.2) is 0 Å². The zero-order valence-electron chi connectivity index (χ0n) is 9.90. The second-order valence-corrected chi connectivity index (χ2v) is 5.29. The van der Waals surface area contributed by atoms with E-state index in [1.165, 1.54) is 11.5 Å². The van der Waals surface area contributed by atoms with Gasteiger partial charge in [-0.2, -0.15) is 0 Å². The first-order valence-corrected chi connectivity index (χ1v) is 6.08. The quantitative estimate of drug-likeness (QED) is 0.837. The zero-order chi connectivity index (χ0) is 11.4. The normalized spacial score (nSPS) is 11.9. The predicted octanol–water partition coefficient (Wildman–Crippen LogP) is 1.99. The summed E-state index contributed by atoms with van der Waals surface area (Å²) in [5.74, 6) is 0.653. The van der Waals surface area contributed by atoms with Gasteiger partial charge in [0.15, 0.2) is 0 Å². The Morgan fingerprint density at radius 2 is 2.00 bits per heavy atom. The molecule has 0 spiro atoms. The fourth-order valence-corrected chi connectivity index (χ4v) is 1.88. The Labute approximate surface area is 95.6 Å². The molecule has 4 nitrogen and oxygen atoms in total. The van der Waals surface area contributed by atoms with Crippen molar-refractivity contribution in [3.05, 3.63) is 5.69 Å². The topological polar surface area (TPSA) is 55.0 Å². The molecule has 2 N–H and O–H groups in total. The molecule has 86 valence electrons. The van der Waals surface area contributed by atoms with Gasteiger partial charge in [0.05, 0.1) is 0 Å². The number of nitrogens with zero attached hydrogens (tertiary/aromatic N) is 3. The number of nitrogen functional groups attached to an aromatic ring is 1. The van der Waals surface area contributed by atoms with E-state index in [1.54, 1.807) is 0 Å². The molecule has 0 aliphatic heterocycles. The van der Waals surface area contributed by atoms with Crippen molar-refractivity contribution in [2.45, 2.75) is 40.3 Å². The van der Waals surface area contributed by atoms with Crippen molar-refractivity contribution in [1.82, 2.24) is 14.5 Å². The zero-order valence-corrected chi connectivity index (χ0v) is 10.7. The van der Waals surface area contributed by atoms with Gasteiger partial charge in [0, 0.05) is 30.7 Å². The van der Waals surface area contributed by atoms with Crippen molar-refractivity contribution in [3.63, 3.8) is 0 Å². The fraction of sp³-hybridized carbons (Fsp3) is 0.800. The minimum absolute atomic E-state index is 0.508. The summed E-state index contributed by atoms with van der Waals surface area (Å²) in [5, 5.41) is 4.79. The molecule has 0 aliphatic carbocycles. The van der Waals surface area contributed by atoms with Crippen LogP contribution in [0.1, 0.15) is 33.4 Å². The Bertz CT molecular complexity index is 295. The van der Waals surface area contributed by atoms with E-state index in [4.69, 9.17) is 5.73 Å². The van der Waals surface area contributed by atoms with Crippen LogP contribution in [0.2, 0.25) is 0 Å². The summed E-state index contributed by atoms with van der Waals surface area (Å²) in [4.78, 5) is 2.37. The first kappa shape index (κ1) is 12.4. The Morgan fingerprint density at radius 3 is 2.40 bits per heavy atom. The van der Waals surface area contributed by atoms with Crippen molar-refractivity contribution in [3.8, 4) is 0 Å². The van der Waals surface area contributed by atoms with Crippen LogP contribution in [0.4, 0.5) is 5.00 Å². The molecule has 1 heterocycles. The third kappa shape index (κ3) is 3.76. The van der Waals surface area contributed by atoms with Crippen LogP contribution in [0.15, 0.2) is 0 Å². The molecule has 1 aromatic heterocycles. The minimum atomic E-state index is 0.508. The first-order chi connectivity index (χ1) is 7.00. The third-order valence-corrected chi connectivity index (χ3v) is 2.86. The molecule has 0 amide bonds. The van der Waals surface area contributed by atoms with Crippen LogP contribution in [0.25, 0.3) is 0 Å². The van der Waals surface area contributed by atoms with Crippen LogP contribution in [-0.2, 0) is 6.54 Å². The predicted molar refractivity (Wildman–Crippen MR) is 64.7 cm³/mol. The van der Waals surface area contributed by atoms with E-state index in [-0.39, 0.29) is 0 Å². The summed E-state index contributed by atoms with van der Waals surface area (Å²) < 4.78 is 3.85. The van der Waals surface area contributed by atoms with Gasteiger partial charge in [0.1, 0.15) is 10.7 Å². The molecule has 1 aromatic rings. The van der Waals surface area contributed by atoms with Gasteiger partial charge in [0.25, 0.3) is 0 Å². The molecule has 0 fully saturated rings. The lowest BCUT2D eigenvalue weighted by atomic mass is 10.1. The van der Waals surface area contributed by atoms with E-state index in [0.717, 1.165) is 23.8 Å². The van der Waals surface area contributed by atoms with Gasteiger partial charge in [-0.1, -0.05) is 18.3 Å². The number of nitrogens with two attached hydrogens (primary N) is 1. The molecule has 1 rings (SSSR count). The van der Waals surface area contributed by atoms with Crippen LogP contribution in [0.3, 0.4) is 0 Å². The van der Waals surface area contributed by atoms with Crippen LogP contribution in [0.5, 0.6) is 0 Å². The highest BCUT2D eigenvalue weighted by atomic mass is 32.1. The largest absolute Gasteiger partial charge is 0.388 e. The molecule has 15 heavy (non-hydrogen) atoms. The van der Waals surface area contributed by atoms with Crippen LogP contribution >= 0.6 is 11.5 Å². The summed E-state index contributed by atoms with van der Waals surface area (Å²) in [7, 11) is 0. The number of rotatable bonds is 5. The standard InChI is InChI=1S/C10H20N4S/c1-7(2)5-14(8(3)4)6-9-10(11)15-13-12-9/h7-8H,5-6,11H2,1-4H3. The molecule has 0 aromatic carbocycles. The second kappa shape index (κ2) is 5.42. The van der Waals surface area contributed by atoms with E-state index in [9.17, 15) is 0 Å². The highest BCUT2D eigenvalue weighted by Crippen LogP contribution is 2.16. The van der Waals surface area contributed by atoms with E-state index in [2.05, 4.69) is 42.2 Å². The highest BCUT2D eigenvalue weighted by Gasteiger charge is 2.15. The van der Waals surface area contributed by atoms with E-state index in [1.807, 2.05) is 0 Å². The molecule has 5 heteroatoms. The molecule has 0 unspecified atom stereocenters. The summed E-state index contributed by atoms with van der Waals surface area (Å²) in [6, 6.07) is 0.508. The number of anilines is 1. The molecule has 0 radical (unpaired) electrons. The highest BCUT2D eigenvalue weighted by molar-refractivity contribution is 7.09. The monoisotopic (exact) mass is 228 g/mol. The summed E-state index contributed by atoms with van der Waals surface area (Å²) in [5.41, 5.74) is 6.70. The lowest BCUT2D eigenvalue weighted by molar-refractivity contribution is 0.187. The van der Waals surface area contributed by atoms with Crippen molar-refractivity contribution in [2.75, 3.05) is 12.3 Å². The lowest BCUT2D eigenvalue weighted by Crippen LogP contribution is -2.33. The van der Waals surface area contributed by atoms with Gasteiger partial charge in [-0.05, 0) is 19.8 Å². The maximum atomic E-state index is 5.79. The maximum absolute atomic E-state index is 5.79. The van der Waals surface area contributed by atoms with E-state index < -0.39 is 0 Å². The maximum Gasteiger partial charge on any atom is 0.132 e. The lowest BCUT2D eigenvalue weighted by Gasteiger charge is -2.27. The third-order valence-electron chi connectivity index (χ3n) is 2.27. The van der Waals surface area contributed by atoms with E-state index in [0.29, 0.717) is 12.0 Å². The average molecular weight is 228 g/mol. The molecule has 0 aliphatic rings. The van der Waals surface area contributed by atoms with Crippen molar-refractivity contribution in [2.24, 2.45) is 5.92 Å². The van der Waals surface area contributed by atoms with Gasteiger partial charge < -0.3 is 5.73 Å². The molecular formula is C10H20N4S. The molecule has 0 saturated carbocycles. The van der Waals surface area contributed by atoms with Crippen molar-refractivity contribution >= 4 is 16.5 Å². The molecule has 0 saturated heterocycles. The van der Waals surface area contributed by atoms with Crippen LogP contribution < -0.4 is 5.73 Å². The van der Waals surface area contributed by atoms with E-state index >= 15 is 0 Å². The second-order valence-electron chi connectivity index (χ2n) is 4.50. The average Bonchev–Trinajstić information content (AvgIpc) is 2.50. The van der Waals surface area contributed by atoms with Crippen LogP contribution in [-0.4, -0.2) is 27.1 Å². The van der Waals surface area contributed by atoms with Crippen molar-refractivity contribution in [1.29, 1.82) is 0 Å². The Hall–Kier alpha value is -0.680. The smallest absolute Gasteiger partial charge is 0.132 e. The SMILES string of the molecule is CC(C)CN(Cc1nnsc1N)C(C)C. The Morgan fingerprint density at radius 1 is 1.33 bits per heavy atom. The summed E-state index contributed by atoms with van der Waals surface area (Å²) in [6.07, 6.45) is 0. The first-order valence-electron chi connectivity index (χ1n) is 5.31. The number of aromatic nitrogens is 2. The fourth-order valence-electron chi connectivity index (χ4n) is 1.44. The minimum Gasteiger partial charge on any atom is -0.388 e. The van der Waals surface area contributed by atoms with Crippen LogP contribution in [0, 0.1) is 5.92 Å². The van der Waals surface area contributed by atoms with Gasteiger partial charge in [-0.15, -0.1) is 5.10 Å². The molecule has 0 bridgehead atoms. The van der Waals surface area contributed by atoms with Crippen molar-refractivity contribution < 1.29 is 0 Å². The van der Waals surface area contributed by atoms with Gasteiger partial charge in [-0.3, -0.25) is 4.90 Å². The molecular weight excluding hydrogens is 208 g/mol. The van der Waals surface area contributed by atoms with Gasteiger partial charge in [0.2, 0.25) is 0 Å². The number of hydrogen-bond donors (Lipinski definition) is 1. The Balaban J connectivity index is 2.63. The van der Waals surface area contributed by atoms with Gasteiger partial charge >= 0.3 is 0 Å².